The first kappa shape index (κ1) is 16.7. The van der Waals surface area contributed by atoms with E-state index in [9.17, 15) is 4.79 Å². The normalized spacial score (nSPS) is 12.6. The molecule has 0 saturated heterocycles. The fourth-order valence-electron chi connectivity index (χ4n) is 2.52. The van der Waals surface area contributed by atoms with Gasteiger partial charge in [-0.05, 0) is 32.6 Å². The Morgan fingerprint density at radius 2 is 2.18 bits per heavy atom. The van der Waals surface area contributed by atoms with Gasteiger partial charge in [0.05, 0.1) is 22.9 Å². The quantitative estimate of drug-likeness (QED) is 0.843. The van der Waals surface area contributed by atoms with Crippen molar-refractivity contribution in [3.05, 3.63) is 28.3 Å². The van der Waals surface area contributed by atoms with Crippen LogP contribution in [0.15, 0.2) is 17.6 Å². The van der Waals surface area contributed by atoms with Gasteiger partial charge in [-0.3, -0.25) is 4.79 Å². The number of nitrogens with zero attached hydrogens (tertiary/aromatic N) is 3. The molecule has 1 amide bonds. The summed E-state index contributed by atoms with van der Waals surface area (Å²) in [5.41, 5.74) is 0.985. The van der Waals surface area contributed by atoms with Crippen LogP contribution in [0.25, 0.3) is 0 Å². The second-order valence-electron chi connectivity index (χ2n) is 6.05. The van der Waals surface area contributed by atoms with Crippen LogP contribution in [-0.2, 0) is 11.2 Å². The van der Waals surface area contributed by atoms with Crippen molar-refractivity contribution in [2.45, 2.75) is 53.0 Å². The minimum atomic E-state index is 0.00384. The zero-order valence-corrected chi connectivity index (χ0v) is 14.5. The number of rotatable bonds is 7. The average molecular weight is 320 g/mol. The predicted octanol–water partition coefficient (Wildman–Crippen LogP) is 3.83. The Hall–Kier alpha value is -1.69. The Morgan fingerprint density at radius 1 is 1.41 bits per heavy atom. The molecule has 1 N–H and O–H groups in total. The Morgan fingerprint density at radius 3 is 2.82 bits per heavy atom. The maximum atomic E-state index is 12.1. The molecule has 0 aliphatic carbocycles. The number of thiazole rings is 1. The third-order valence-electron chi connectivity index (χ3n) is 3.44. The number of hydrogen-bond donors (Lipinski definition) is 1. The smallest absolute Gasteiger partial charge is 0.225 e. The summed E-state index contributed by atoms with van der Waals surface area (Å²) in [6, 6.07) is 2.12. The van der Waals surface area contributed by atoms with Crippen LogP contribution in [0.5, 0.6) is 0 Å². The molecule has 0 aromatic carbocycles. The van der Waals surface area contributed by atoms with E-state index in [1.54, 1.807) is 17.5 Å². The van der Waals surface area contributed by atoms with Gasteiger partial charge in [-0.2, -0.15) is 5.10 Å². The summed E-state index contributed by atoms with van der Waals surface area (Å²) in [6.45, 7) is 8.48. The largest absolute Gasteiger partial charge is 0.311 e. The number of nitrogens with one attached hydrogen (secondary N) is 1. The Balaban J connectivity index is 1.90. The fraction of sp³-hybridized carbons (Fsp3) is 0.562. The molecule has 6 heteroatoms. The second kappa shape index (κ2) is 7.54. The molecule has 120 valence electrons. The van der Waals surface area contributed by atoms with Crippen molar-refractivity contribution in [3.8, 4) is 0 Å². The zero-order chi connectivity index (χ0) is 16.1. The van der Waals surface area contributed by atoms with Gasteiger partial charge in [0.2, 0.25) is 5.91 Å². The van der Waals surface area contributed by atoms with Crippen LogP contribution >= 0.6 is 11.3 Å². The molecule has 5 nitrogen and oxygen atoms in total. The summed E-state index contributed by atoms with van der Waals surface area (Å²) in [6.07, 6.45) is 3.87. The van der Waals surface area contributed by atoms with Crippen LogP contribution in [0, 0.1) is 12.8 Å². The lowest BCUT2D eigenvalue weighted by Gasteiger charge is -2.17. The highest BCUT2D eigenvalue weighted by molar-refractivity contribution is 7.09. The third kappa shape index (κ3) is 4.66. The maximum absolute atomic E-state index is 12.1. The Labute approximate surface area is 135 Å². The number of carbonyl (C=O) groups is 1. The first-order chi connectivity index (χ1) is 10.5. The first-order valence-electron chi connectivity index (χ1n) is 7.70. The van der Waals surface area contributed by atoms with E-state index in [0.29, 0.717) is 18.8 Å². The molecule has 2 aromatic rings. The van der Waals surface area contributed by atoms with E-state index < -0.39 is 0 Å². The van der Waals surface area contributed by atoms with Gasteiger partial charge in [-0.15, -0.1) is 11.3 Å². The Kier molecular flexibility index (Phi) is 5.71. The van der Waals surface area contributed by atoms with Gasteiger partial charge in [0.25, 0.3) is 0 Å². The van der Waals surface area contributed by atoms with E-state index in [2.05, 4.69) is 36.2 Å². The Bertz CT molecular complexity index is 617. The van der Waals surface area contributed by atoms with Crippen LogP contribution in [0.2, 0.25) is 0 Å². The minimum absolute atomic E-state index is 0.00384. The summed E-state index contributed by atoms with van der Waals surface area (Å²) in [5.74, 6) is 1.37. The van der Waals surface area contributed by atoms with Crippen LogP contribution in [0.1, 0.15) is 50.4 Å². The molecule has 0 unspecified atom stereocenters. The number of carbonyl (C=O) groups excluding carboxylic acids is 1. The average Bonchev–Trinajstić information content (AvgIpc) is 3.04. The summed E-state index contributed by atoms with van der Waals surface area (Å²) in [7, 11) is 0. The molecular formula is C16H24N4OS. The molecule has 22 heavy (non-hydrogen) atoms. The van der Waals surface area contributed by atoms with Crippen molar-refractivity contribution < 1.29 is 4.79 Å². The van der Waals surface area contributed by atoms with E-state index in [4.69, 9.17) is 0 Å². The van der Waals surface area contributed by atoms with Crippen molar-refractivity contribution in [2.75, 3.05) is 5.32 Å². The van der Waals surface area contributed by atoms with Gasteiger partial charge in [-0.1, -0.05) is 13.8 Å². The summed E-state index contributed by atoms with van der Waals surface area (Å²) >= 11 is 1.62. The van der Waals surface area contributed by atoms with E-state index >= 15 is 0 Å². The van der Waals surface area contributed by atoms with E-state index in [0.717, 1.165) is 22.9 Å². The molecule has 0 spiro atoms. The number of aryl methyl sites for hydroxylation is 2. The molecule has 0 aliphatic rings. The van der Waals surface area contributed by atoms with Gasteiger partial charge in [0.1, 0.15) is 5.82 Å². The fourth-order valence-corrected chi connectivity index (χ4v) is 3.16. The summed E-state index contributed by atoms with van der Waals surface area (Å²) in [5, 5.41) is 10.3. The molecular weight excluding hydrogens is 296 g/mol. The molecule has 2 aromatic heterocycles. The molecule has 0 saturated carbocycles. The topological polar surface area (TPSA) is 59.8 Å². The standard InChI is InChI=1S/C16H24N4OS/c1-11(2)9-12(3)20-15(7-8-17-20)19-16(21)6-5-14-10-22-13(4)18-14/h7-8,10-12H,5-6,9H2,1-4H3,(H,19,21)/t12-/m0/s1. The van der Waals surface area contributed by atoms with Gasteiger partial charge in [-0.25, -0.2) is 9.67 Å². The monoisotopic (exact) mass is 320 g/mol. The van der Waals surface area contributed by atoms with Crippen molar-refractivity contribution in [3.63, 3.8) is 0 Å². The lowest BCUT2D eigenvalue weighted by atomic mass is 10.1. The lowest BCUT2D eigenvalue weighted by molar-refractivity contribution is -0.116. The van der Waals surface area contributed by atoms with Crippen LogP contribution in [0.4, 0.5) is 5.82 Å². The van der Waals surface area contributed by atoms with Gasteiger partial charge < -0.3 is 5.32 Å². The molecule has 0 radical (unpaired) electrons. The molecule has 0 aliphatic heterocycles. The number of aromatic nitrogens is 3. The number of hydrogen-bond acceptors (Lipinski definition) is 4. The second-order valence-corrected chi connectivity index (χ2v) is 7.11. The van der Waals surface area contributed by atoms with Crippen molar-refractivity contribution in [1.29, 1.82) is 0 Å². The van der Waals surface area contributed by atoms with Crippen molar-refractivity contribution in [1.82, 2.24) is 14.8 Å². The summed E-state index contributed by atoms with van der Waals surface area (Å²) in [4.78, 5) is 16.5. The van der Waals surface area contributed by atoms with E-state index in [-0.39, 0.29) is 11.9 Å². The zero-order valence-electron chi connectivity index (χ0n) is 13.7. The van der Waals surface area contributed by atoms with Crippen molar-refractivity contribution >= 4 is 23.1 Å². The molecule has 2 heterocycles. The van der Waals surface area contributed by atoms with E-state index in [1.165, 1.54) is 0 Å². The maximum Gasteiger partial charge on any atom is 0.225 e. The highest BCUT2D eigenvalue weighted by Gasteiger charge is 2.14. The minimum Gasteiger partial charge on any atom is -0.311 e. The van der Waals surface area contributed by atoms with Crippen molar-refractivity contribution in [2.24, 2.45) is 5.92 Å². The highest BCUT2D eigenvalue weighted by atomic mass is 32.1. The van der Waals surface area contributed by atoms with Crippen LogP contribution < -0.4 is 5.32 Å². The third-order valence-corrected chi connectivity index (χ3v) is 4.26. The van der Waals surface area contributed by atoms with Gasteiger partial charge in [0, 0.05) is 17.9 Å². The van der Waals surface area contributed by atoms with Crippen LogP contribution in [-0.4, -0.2) is 20.7 Å². The van der Waals surface area contributed by atoms with Crippen LogP contribution in [0.3, 0.4) is 0 Å². The van der Waals surface area contributed by atoms with Gasteiger partial charge in [0.15, 0.2) is 0 Å². The molecule has 2 rings (SSSR count). The number of anilines is 1. The molecule has 0 fully saturated rings. The highest BCUT2D eigenvalue weighted by Crippen LogP contribution is 2.21. The van der Waals surface area contributed by atoms with Gasteiger partial charge >= 0.3 is 0 Å². The molecule has 0 bridgehead atoms. The first-order valence-corrected chi connectivity index (χ1v) is 8.58. The number of amides is 1. The predicted molar refractivity (Wildman–Crippen MR) is 90.2 cm³/mol. The lowest BCUT2D eigenvalue weighted by Crippen LogP contribution is -2.18. The van der Waals surface area contributed by atoms with E-state index in [1.807, 2.05) is 23.1 Å². The summed E-state index contributed by atoms with van der Waals surface area (Å²) < 4.78 is 1.89. The molecule has 1 atom stereocenters. The SMILES string of the molecule is Cc1nc(CCC(=O)Nc2ccnn2[C@@H](C)CC(C)C)cs1.